The van der Waals surface area contributed by atoms with Crippen molar-refractivity contribution in [2.45, 2.75) is 68.6 Å². The van der Waals surface area contributed by atoms with Crippen molar-refractivity contribution >= 4 is 39.0 Å². The van der Waals surface area contributed by atoms with Crippen LogP contribution in [0.2, 0.25) is 0 Å². The monoisotopic (exact) mass is 530 g/mol. The van der Waals surface area contributed by atoms with Gasteiger partial charge in [0.1, 0.15) is 11.9 Å². The van der Waals surface area contributed by atoms with Crippen LogP contribution in [0.1, 0.15) is 65.9 Å². The number of nitrogens with zero attached hydrogens (tertiary/aromatic N) is 4. The van der Waals surface area contributed by atoms with Crippen LogP contribution in [0.5, 0.6) is 0 Å². The second kappa shape index (κ2) is 9.81. The lowest BCUT2D eigenvalue weighted by Gasteiger charge is -2.26. The first-order valence-corrected chi connectivity index (χ1v) is 14.4. The van der Waals surface area contributed by atoms with E-state index in [1.807, 2.05) is 38.4 Å². The number of nitrogens with two attached hydrogens (primary N) is 1. The number of rotatable bonds is 7. The van der Waals surface area contributed by atoms with Crippen LogP contribution in [0, 0.1) is 6.92 Å². The Hall–Kier alpha value is -2.99. The number of anilines is 1. The first-order valence-electron chi connectivity index (χ1n) is 12.1. The van der Waals surface area contributed by atoms with Crippen molar-refractivity contribution in [2.24, 2.45) is 17.2 Å². The first-order chi connectivity index (χ1) is 17.2. The number of ether oxygens (including phenoxy) is 1. The molecular weight excluding hydrogens is 500 g/mol. The fourth-order valence-electron chi connectivity index (χ4n) is 4.69. The predicted octanol–water partition coefficient (Wildman–Crippen LogP) is 3.89. The Morgan fingerprint density at radius 1 is 1.25 bits per heavy atom. The van der Waals surface area contributed by atoms with E-state index in [9.17, 15) is 13.2 Å². The van der Waals surface area contributed by atoms with Crippen LogP contribution in [0.3, 0.4) is 0 Å². The maximum absolute atomic E-state index is 12.8. The fourth-order valence-corrected chi connectivity index (χ4v) is 7.21. The number of allylic oxidation sites excluding steroid dienone is 3. The molecule has 0 aromatic carbocycles. The molecule has 1 unspecified atom stereocenters. The highest BCUT2D eigenvalue weighted by atomic mass is 32.2. The molecule has 3 N–H and O–H groups in total. The normalized spacial score (nSPS) is 25.6. The molecule has 0 spiro atoms. The number of carbonyl (C=O) groups excluding carboxylic acids is 1. The number of sulfonamides is 1. The van der Waals surface area contributed by atoms with Crippen LogP contribution < -0.4 is 11.1 Å². The predicted molar refractivity (Wildman–Crippen MR) is 139 cm³/mol. The summed E-state index contributed by atoms with van der Waals surface area (Å²) in [4.78, 5) is 16.7. The lowest BCUT2D eigenvalue weighted by molar-refractivity contribution is 0.0787. The van der Waals surface area contributed by atoms with Crippen LogP contribution in [0.15, 0.2) is 40.6 Å². The molecule has 5 rings (SSSR count). The van der Waals surface area contributed by atoms with E-state index < -0.39 is 16.1 Å². The van der Waals surface area contributed by atoms with Crippen molar-refractivity contribution in [3.8, 4) is 0 Å². The quantitative estimate of drug-likeness (QED) is 0.553. The zero-order valence-electron chi connectivity index (χ0n) is 20.3. The molecule has 2 aromatic rings. The Balaban J connectivity index is 1.37. The number of aryl methyl sites for hydroxylation is 2. The van der Waals surface area contributed by atoms with Crippen LogP contribution in [-0.4, -0.2) is 46.3 Å². The Morgan fingerprint density at radius 3 is 2.64 bits per heavy atom. The zero-order valence-corrected chi connectivity index (χ0v) is 21.9. The molecule has 0 saturated heterocycles. The molecule has 12 heteroatoms. The summed E-state index contributed by atoms with van der Waals surface area (Å²) in [6.07, 6.45) is 11.2. The summed E-state index contributed by atoms with van der Waals surface area (Å²) in [5, 5.41) is 8.31. The first kappa shape index (κ1) is 24.7. The van der Waals surface area contributed by atoms with Crippen molar-refractivity contribution in [3.63, 3.8) is 0 Å². The zero-order chi connectivity index (χ0) is 25.4. The van der Waals surface area contributed by atoms with Gasteiger partial charge in [-0.25, -0.2) is 18.2 Å². The van der Waals surface area contributed by atoms with E-state index >= 15 is 0 Å². The van der Waals surface area contributed by atoms with Crippen LogP contribution in [-0.2, 0) is 21.8 Å². The van der Waals surface area contributed by atoms with Gasteiger partial charge in [0.05, 0.1) is 27.6 Å². The minimum atomic E-state index is -3.56. The molecule has 2 saturated carbocycles. The van der Waals surface area contributed by atoms with E-state index in [0.717, 1.165) is 52.8 Å². The Kier molecular flexibility index (Phi) is 6.73. The van der Waals surface area contributed by atoms with Gasteiger partial charge >= 0.3 is 6.09 Å². The van der Waals surface area contributed by atoms with E-state index in [1.165, 1.54) is 0 Å². The molecule has 10 nitrogen and oxygen atoms in total. The fraction of sp³-hybridized carbons (Fsp3) is 0.500. The second-order valence-electron chi connectivity index (χ2n) is 9.60. The molecule has 2 fully saturated rings. The highest BCUT2D eigenvalue weighted by molar-refractivity contribution is 7.91. The summed E-state index contributed by atoms with van der Waals surface area (Å²) in [5.74, 6) is 0.792. The standard InChI is InChI=1S/C24H30N6O4S2/c1-14-11-22(30(2)28-14)27-16-5-10-19(20(12-16)29-36(32,33)18-8-9-18)21-13-26-23(35-21)15-3-6-17(7-4-15)34-24(25)31/h5,10-13,15,17-19,27H,3-4,6-9H2,1-2H3,(H2,25,31). The third-order valence-electron chi connectivity index (χ3n) is 6.70. The van der Waals surface area contributed by atoms with Gasteiger partial charge in [-0.2, -0.15) is 9.50 Å². The largest absolute Gasteiger partial charge is 0.446 e. The van der Waals surface area contributed by atoms with Crippen LogP contribution in [0.25, 0.3) is 0 Å². The smallest absolute Gasteiger partial charge is 0.404 e. The molecule has 0 radical (unpaired) electrons. The number of amides is 1. The van der Waals surface area contributed by atoms with Gasteiger partial charge < -0.3 is 15.8 Å². The number of carbonyl (C=O) groups is 1. The summed E-state index contributed by atoms with van der Waals surface area (Å²) < 4.78 is 36.7. The number of hydrogen-bond acceptors (Lipinski definition) is 8. The van der Waals surface area contributed by atoms with Gasteiger partial charge in [0.25, 0.3) is 10.0 Å². The number of aromatic nitrogens is 3. The highest BCUT2D eigenvalue weighted by Gasteiger charge is 2.37. The molecule has 2 heterocycles. The van der Waals surface area contributed by atoms with Gasteiger partial charge in [0, 0.05) is 35.8 Å². The molecule has 1 amide bonds. The van der Waals surface area contributed by atoms with E-state index in [-0.39, 0.29) is 23.2 Å². The molecule has 1 atom stereocenters. The third kappa shape index (κ3) is 5.54. The molecule has 2 aromatic heterocycles. The second-order valence-corrected chi connectivity index (χ2v) is 12.6. The van der Waals surface area contributed by atoms with E-state index in [4.69, 9.17) is 10.5 Å². The summed E-state index contributed by atoms with van der Waals surface area (Å²) >= 11 is 1.59. The Morgan fingerprint density at radius 2 is 2.00 bits per heavy atom. The molecule has 0 bridgehead atoms. The molecule has 3 aliphatic rings. The van der Waals surface area contributed by atoms with Crippen molar-refractivity contribution in [1.82, 2.24) is 14.8 Å². The van der Waals surface area contributed by atoms with Crippen LogP contribution in [0.4, 0.5) is 10.6 Å². The maximum atomic E-state index is 12.8. The maximum Gasteiger partial charge on any atom is 0.404 e. The van der Waals surface area contributed by atoms with Gasteiger partial charge in [-0.05, 0) is 57.6 Å². The minimum Gasteiger partial charge on any atom is -0.446 e. The molecule has 3 aliphatic carbocycles. The van der Waals surface area contributed by atoms with E-state index in [0.29, 0.717) is 18.6 Å². The summed E-state index contributed by atoms with van der Waals surface area (Å²) in [7, 11) is -1.71. The minimum absolute atomic E-state index is 0.134. The molecule has 192 valence electrons. The third-order valence-corrected chi connectivity index (χ3v) is 9.72. The summed E-state index contributed by atoms with van der Waals surface area (Å²) in [5.41, 5.74) is 7.27. The number of nitrogens with one attached hydrogen (secondary N) is 1. The van der Waals surface area contributed by atoms with Gasteiger partial charge in [0.2, 0.25) is 0 Å². The topological polar surface area (TPSA) is 142 Å². The van der Waals surface area contributed by atoms with Crippen LogP contribution >= 0.6 is 11.3 Å². The van der Waals surface area contributed by atoms with Crippen molar-refractivity contribution in [2.75, 3.05) is 5.32 Å². The summed E-state index contributed by atoms with van der Waals surface area (Å²) in [6, 6.07) is 1.93. The lowest BCUT2D eigenvalue weighted by atomic mass is 9.88. The number of primary amides is 1. The highest BCUT2D eigenvalue weighted by Crippen LogP contribution is 2.39. The van der Waals surface area contributed by atoms with Crippen molar-refractivity contribution in [1.29, 1.82) is 0 Å². The average Bonchev–Trinajstić information content (AvgIpc) is 3.50. The van der Waals surface area contributed by atoms with E-state index in [1.54, 1.807) is 22.1 Å². The number of thiazole rings is 1. The van der Waals surface area contributed by atoms with Crippen molar-refractivity contribution in [3.05, 3.63) is 51.8 Å². The molecule has 36 heavy (non-hydrogen) atoms. The van der Waals surface area contributed by atoms with Gasteiger partial charge in [-0.15, -0.1) is 11.3 Å². The van der Waals surface area contributed by atoms with E-state index in [2.05, 4.69) is 19.8 Å². The van der Waals surface area contributed by atoms with Gasteiger partial charge in [-0.3, -0.25) is 4.68 Å². The SMILES string of the molecule is Cc1cc(NC2=CC(=NS(=O)(=O)C3CC3)C(c3cnc(C4CCC(OC(N)=O)CC4)s3)C=C2)n(C)n1. The molecular formula is C24H30N6O4S2. The van der Waals surface area contributed by atoms with Gasteiger partial charge in [0.15, 0.2) is 0 Å². The summed E-state index contributed by atoms with van der Waals surface area (Å²) in [6.45, 7) is 1.92. The van der Waals surface area contributed by atoms with Crippen molar-refractivity contribution < 1.29 is 17.9 Å². The lowest BCUT2D eigenvalue weighted by Crippen LogP contribution is -2.26. The average molecular weight is 531 g/mol. The van der Waals surface area contributed by atoms with Gasteiger partial charge in [-0.1, -0.05) is 6.08 Å². The molecule has 0 aliphatic heterocycles. The Bertz CT molecular complexity index is 1340. The number of hydrogen-bond donors (Lipinski definition) is 2. The Labute approximate surface area is 214 Å².